The van der Waals surface area contributed by atoms with Gasteiger partial charge in [0.2, 0.25) is 5.75 Å². The third-order valence-electron chi connectivity index (χ3n) is 3.55. The van der Waals surface area contributed by atoms with Crippen molar-refractivity contribution in [2.45, 2.75) is 0 Å². The summed E-state index contributed by atoms with van der Waals surface area (Å²) in [5, 5.41) is 27.6. The maximum Gasteiger partial charge on any atom is 0.328 e. The third-order valence-corrected chi connectivity index (χ3v) is 3.55. The fourth-order valence-corrected chi connectivity index (χ4v) is 2.31. The van der Waals surface area contributed by atoms with Crippen molar-refractivity contribution in [2.75, 3.05) is 14.2 Å². The number of hydrogen-bond donors (Lipinski definition) is 3. The lowest BCUT2D eigenvalue weighted by Crippen LogP contribution is -1.97. The van der Waals surface area contributed by atoms with Gasteiger partial charge in [0, 0.05) is 17.7 Å². The molecule has 8 heteroatoms. The number of carboxylic acid groups (broad SMARTS) is 2. The molecule has 8 nitrogen and oxygen atoms in total. The lowest BCUT2D eigenvalue weighted by Gasteiger charge is -2.16. The first-order valence-electron chi connectivity index (χ1n) is 7.93. The molecule has 146 valence electrons. The zero-order valence-electron chi connectivity index (χ0n) is 15.1. The van der Waals surface area contributed by atoms with E-state index in [0.717, 1.165) is 12.2 Å². The largest absolute Gasteiger partial charge is 0.504 e. The Morgan fingerprint density at radius 3 is 2.14 bits per heavy atom. The Kier molecular flexibility index (Phi) is 6.64. The van der Waals surface area contributed by atoms with Crippen LogP contribution in [0.3, 0.4) is 0 Å². The predicted octanol–water partition coefficient (Wildman–Crippen LogP) is 3.40. The molecule has 0 saturated heterocycles. The monoisotopic (exact) mass is 386 g/mol. The smallest absolute Gasteiger partial charge is 0.328 e. The van der Waals surface area contributed by atoms with Crippen LogP contribution in [0.25, 0.3) is 12.2 Å². The molecule has 0 saturated carbocycles. The second-order valence-corrected chi connectivity index (χ2v) is 5.39. The van der Waals surface area contributed by atoms with E-state index in [-0.39, 0.29) is 23.0 Å². The number of carboxylic acids is 2. The van der Waals surface area contributed by atoms with Gasteiger partial charge in [0.1, 0.15) is 0 Å². The highest BCUT2D eigenvalue weighted by Crippen LogP contribution is 2.44. The summed E-state index contributed by atoms with van der Waals surface area (Å²) >= 11 is 0. The third kappa shape index (κ3) is 5.04. The molecule has 0 radical (unpaired) electrons. The summed E-state index contributed by atoms with van der Waals surface area (Å²) < 4.78 is 16.3. The Hall–Kier alpha value is -3.94. The normalized spacial score (nSPS) is 10.9. The second-order valence-electron chi connectivity index (χ2n) is 5.39. The van der Waals surface area contributed by atoms with E-state index in [1.54, 1.807) is 18.2 Å². The Labute approximate surface area is 160 Å². The van der Waals surface area contributed by atoms with Crippen molar-refractivity contribution < 1.29 is 39.1 Å². The van der Waals surface area contributed by atoms with Crippen molar-refractivity contribution in [1.29, 1.82) is 0 Å². The average Bonchev–Trinajstić information content (AvgIpc) is 2.66. The van der Waals surface area contributed by atoms with Gasteiger partial charge in [0.25, 0.3) is 0 Å². The van der Waals surface area contributed by atoms with Gasteiger partial charge in [-0.25, -0.2) is 9.59 Å². The van der Waals surface area contributed by atoms with E-state index >= 15 is 0 Å². The standard InChI is InChI=1S/C20H18O8/c1-26-16-11-12(4-9-17(22)23)3-8-15(16)28-19-13(6-10-18(24)25)5-7-14(21)20(19)27-2/h3-11,21H,1-2H3,(H,22,23)(H,24,25). The van der Waals surface area contributed by atoms with Gasteiger partial charge in [0.15, 0.2) is 23.0 Å². The van der Waals surface area contributed by atoms with Crippen LogP contribution in [0.15, 0.2) is 42.5 Å². The SMILES string of the molecule is COc1cc(C=CC(=O)O)ccc1Oc1c(C=CC(=O)O)ccc(O)c1OC. The number of rotatable bonds is 8. The number of aromatic hydroxyl groups is 1. The van der Waals surface area contributed by atoms with Crippen molar-refractivity contribution in [3.05, 3.63) is 53.6 Å². The fraction of sp³-hybridized carbons (Fsp3) is 0.100. The topological polar surface area (TPSA) is 123 Å². The van der Waals surface area contributed by atoms with Crippen LogP contribution < -0.4 is 14.2 Å². The maximum atomic E-state index is 10.8. The molecule has 0 atom stereocenters. The van der Waals surface area contributed by atoms with Gasteiger partial charge in [-0.1, -0.05) is 6.07 Å². The summed E-state index contributed by atoms with van der Waals surface area (Å²) in [5.41, 5.74) is 0.925. The highest BCUT2D eigenvalue weighted by atomic mass is 16.5. The van der Waals surface area contributed by atoms with E-state index in [0.29, 0.717) is 16.9 Å². The zero-order valence-corrected chi connectivity index (χ0v) is 15.1. The highest BCUT2D eigenvalue weighted by Gasteiger charge is 2.17. The minimum Gasteiger partial charge on any atom is -0.504 e. The van der Waals surface area contributed by atoms with Gasteiger partial charge in [-0.05, 0) is 42.0 Å². The fourth-order valence-electron chi connectivity index (χ4n) is 2.31. The van der Waals surface area contributed by atoms with Crippen molar-refractivity contribution in [2.24, 2.45) is 0 Å². The van der Waals surface area contributed by atoms with E-state index in [1.807, 2.05) is 0 Å². The number of phenolic OH excluding ortho intramolecular Hbond substituents is 1. The molecule has 0 aliphatic carbocycles. The lowest BCUT2D eigenvalue weighted by molar-refractivity contribution is -0.132. The number of phenols is 1. The van der Waals surface area contributed by atoms with E-state index in [2.05, 4.69) is 0 Å². The molecule has 2 aromatic carbocycles. The van der Waals surface area contributed by atoms with Crippen molar-refractivity contribution in [1.82, 2.24) is 0 Å². The lowest BCUT2D eigenvalue weighted by atomic mass is 10.1. The van der Waals surface area contributed by atoms with Crippen LogP contribution in [-0.2, 0) is 9.59 Å². The highest BCUT2D eigenvalue weighted by molar-refractivity contribution is 5.87. The molecule has 0 unspecified atom stereocenters. The van der Waals surface area contributed by atoms with Crippen molar-refractivity contribution in [3.63, 3.8) is 0 Å². The molecule has 0 aromatic heterocycles. The molecular weight excluding hydrogens is 368 g/mol. The summed E-state index contributed by atoms with van der Waals surface area (Å²) in [6, 6.07) is 7.55. The van der Waals surface area contributed by atoms with Gasteiger partial charge in [0.05, 0.1) is 14.2 Å². The molecule has 28 heavy (non-hydrogen) atoms. The van der Waals surface area contributed by atoms with Crippen LogP contribution in [0.5, 0.6) is 28.7 Å². The maximum absolute atomic E-state index is 10.8. The molecular formula is C20H18O8. The summed E-state index contributed by atoms with van der Waals surface area (Å²) in [5.74, 6) is -1.76. The summed E-state index contributed by atoms with van der Waals surface area (Å²) in [4.78, 5) is 21.5. The first kappa shape index (κ1) is 20.4. The molecule has 0 heterocycles. The molecule has 0 aliphatic heterocycles. The van der Waals surface area contributed by atoms with Gasteiger partial charge in [-0.3, -0.25) is 0 Å². The molecule has 2 rings (SSSR count). The first-order chi connectivity index (χ1) is 13.3. The summed E-state index contributed by atoms with van der Waals surface area (Å²) in [6.07, 6.45) is 4.61. The van der Waals surface area contributed by atoms with E-state index in [4.69, 9.17) is 24.4 Å². The number of hydrogen-bond acceptors (Lipinski definition) is 6. The molecule has 0 bridgehead atoms. The van der Waals surface area contributed by atoms with Gasteiger partial charge in [-0.2, -0.15) is 0 Å². The minimum absolute atomic E-state index is 0.0180. The molecule has 0 fully saturated rings. The van der Waals surface area contributed by atoms with Gasteiger partial charge in [-0.15, -0.1) is 0 Å². The minimum atomic E-state index is -1.15. The van der Waals surface area contributed by atoms with E-state index < -0.39 is 11.9 Å². The number of benzene rings is 2. The Bertz CT molecular complexity index is 943. The molecule has 3 N–H and O–H groups in total. The molecule has 2 aromatic rings. The Morgan fingerprint density at radius 2 is 1.54 bits per heavy atom. The number of methoxy groups -OCH3 is 2. The Balaban J connectivity index is 2.50. The average molecular weight is 386 g/mol. The van der Waals surface area contributed by atoms with E-state index in [1.165, 1.54) is 38.5 Å². The zero-order chi connectivity index (χ0) is 20.7. The van der Waals surface area contributed by atoms with Crippen molar-refractivity contribution >= 4 is 24.1 Å². The van der Waals surface area contributed by atoms with Crippen LogP contribution in [0.2, 0.25) is 0 Å². The predicted molar refractivity (Wildman–Crippen MR) is 101 cm³/mol. The number of ether oxygens (including phenoxy) is 3. The van der Waals surface area contributed by atoms with Crippen LogP contribution in [-0.4, -0.2) is 41.5 Å². The number of aliphatic carboxylic acids is 2. The Morgan fingerprint density at radius 1 is 0.857 bits per heavy atom. The molecule has 0 amide bonds. The quantitative estimate of drug-likeness (QED) is 0.590. The van der Waals surface area contributed by atoms with Crippen LogP contribution in [0, 0.1) is 0 Å². The van der Waals surface area contributed by atoms with Crippen LogP contribution >= 0.6 is 0 Å². The van der Waals surface area contributed by atoms with Crippen LogP contribution in [0.1, 0.15) is 11.1 Å². The molecule has 0 spiro atoms. The van der Waals surface area contributed by atoms with Gasteiger partial charge < -0.3 is 29.5 Å². The van der Waals surface area contributed by atoms with Crippen LogP contribution in [0.4, 0.5) is 0 Å². The summed E-state index contributed by atoms with van der Waals surface area (Å²) in [7, 11) is 2.75. The molecule has 0 aliphatic rings. The van der Waals surface area contributed by atoms with Crippen molar-refractivity contribution in [3.8, 4) is 28.7 Å². The summed E-state index contributed by atoms with van der Waals surface area (Å²) in [6.45, 7) is 0. The first-order valence-corrected chi connectivity index (χ1v) is 7.93. The van der Waals surface area contributed by atoms with E-state index in [9.17, 15) is 14.7 Å². The second kappa shape index (κ2) is 9.13. The van der Waals surface area contributed by atoms with Gasteiger partial charge >= 0.3 is 11.9 Å². The number of carbonyl (C=O) groups is 2.